The number of halogens is 1. The van der Waals surface area contributed by atoms with E-state index >= 15 is 0 Å². The summed E-state index contributed by atoms with van der Waals surface area (Å²) >= 11 is 6.22. The number of benzene rings is 1. The highest BCUT2D eigenvalue weighted by Crippen LogP contribution is 2.39. The normalized spacial score (nSPS) is 18.1. The summed E-state index contributed by atoms with van der Waals surface area (Å²) in [6, 6.07) is 10.2. The summed E-state index contributed by atoms with van der Waals surface area (Å²) in [5.74, 6) is 0.00388. The molecule has 0 bridgehead atoms. The van der Waals surface area contributed by atoms with Crippen LogP contribution in [0.5, 0.6) is 0 Å². The molecule has 0 aliphatic heterocycles. The number of ketones is 1. The lowest BCUT2D eigenvalue weighted by molar-refractivity contribution is -0.115. The van der Waals surface area contributed by atoms with E-state index in [4.69, 9.17) is 11.6 Å². The first-order valence-corrected chi connectivity index (χ1v) is 13.3. The highest BCUT2D eigenvalue weighted by Gasteiger charge is 2.43. The number of fused-ring (bicyclic) bond motifs is 2. The van der Waals surface area contributed by atoms with E-state index in [0.29, 0.717) is 52.0 Å². The maximum atomic E-state index is 13.6. The fraction of sp³-hybridized carbons (Fsp3) is 0.269. The fourth-order valence-electron chi connectivity index (χ4n) is 4.66. The van der Waals surface area contributed by atoms with Gasteiger partial charge in [0.05, 0.1) is 34.7 Å². The number of imidazole rings is 1. The topological polar surface area (TPSA) is 123 Å². The number of thiol groups is 1. The molecule has 1 amide bonds. The Hall–Kier alpha value is -3.63. The van der Waals surface area contributed by atoms with Crippen molar-refractivity contribution in [1.29, 1.82) is 0 Å². The van der Waals surface area contributed by atoms with Crippen molar-refractivity contribution in [1.82, 2.24) is 19.4 Å². The van der Waals surface area contributed by atoms with Gasteiger partial charge in [-0.1, -0.05) is 35.9 Å². The van der Waals surface area contributed by atoms with E-state index in [2.05, 4.69) is 20.3 Å². The number of rotatable bonds is 6. The summed E-state index contributed by atoms with van der Waals surface area (Å²) in [4.78, 5) is 39.6. The zero-order valence-corrected chi connectivity index (χ0v) is 21.8. The Morgan fingerprint density at radius 3 is 2.68 bits per heavy atom. The number of aromatic nitrogens is 4. The Labute approximate surface area is 219 Å². The van der Waals surface area contributed by atoms with E-state index < -0.39 is 21.4 Å². The second-order valence-corrected chi connectivity index (χ2v) is 11.1. The number of nitrogens with zero attached hydrogens (tertiary/aromatic N) is 4. The van der Waals surface area contributed by atoms with Gasteiger partial charge in [0, 0.05) is 18.0 Å². The standard InChI is InChI=1S/C26H24ClN5O4S/c1-15(37(35)36)17-5-3-16(4-6-17)13-22(33)31-21-8-7-18-19(30-21)9-10-26(2,24(18)34)23-25-28-11-12-32(25)20(27)14-29-23/h3-8,11-12,14-15,37H,9-10,13H2,1-2H3,(H,30,31,33). The van der Waals surface area contributed by atoms with Crippen LogP contribution in [0.3, 0.4) is 0 Å². The van der Waals surface area contributed by atoms with Crippen LogP contribution in [0, 0.1) is 0 Å². The predicted octanol–water partition coefficient (Wildman–Crippen LogP) is 3.72. The van der Waals surface area contributed by atoms with Crippen molar-refractivity contribution in [3.05, 3.63) is 88.2 Å². The number of nitrogens with one attached hydrogen (secondary N) is 1. The molecule has 0 radical (unpaired) electrons. The molecule has 9 nitrogen and oxygen atoms in total. The first kappa shape index (κ1) is 25.0. The van der Waals surface area contributed by atoms with Crippen molar-refractivity contribution in [3.8, 4) is 0 Å². The highest BCUT2D eigenvalue weighted by molar-refractivity contribution is 7.72. The van der Waals surface area contributed by atoms with Crippen LogP contribution in [0.1, 0.15) is 58.4 Å². The average molecular weight is 538 g/mol. The molecule has 1 aromatic carbocycles. The minimum Gasteiger partial charge on any atom is -0.310 e. The number of carbonyl (C=O) groups is 2. The third kappa shape index (κ3) is 4.62. The molecule has 1 N–H and O–H groups in total. The second-order valence-electron chi connectivity index (χ2n) is 9.33. The summed E-state index contributed by atoms with van der Waals surface area (Å²) < 4.78 is 24.1. The molecule has 11 heteroatoms. The smallest absolute Gasteiger partial charge is 0.229 e. The molecule has 3 aromatic heterocycles. The van der Waals surface area contributed by atoms with E-state index in [9.17, 15) is 18.0 Å². The number of amides is 1. The van der Waals surface area contributed by atoms with Crippen LogP contribution in [0.4, 0.5) is 5.82 Å². The van der Waals surface area contributed by atoms with Crippen molar-refractivity contribution in [2.24, 2.45) is 0 Å². The number of aryl methyl sites for hydroxylation is 1. The summed E-state index contributed by atoms with van der Waals surface area (Å²) in [5, 5.41) is 2.62. The van der Waals surface area contributed by atoms with Gasteiger partial charge >= 0.3 is 0 Å². The monoisotopic (exact) mass is 537 g/mol. The molecule has 1 aliphatic carbocycles. The number of hydrogen-bond donors (Lipinski definition) is 2. The van der Waals surface area contributed by atoms with Crippen molar-refractivity contribution in [2.45, 2.75) is 43.8 Å². The van der Waals surface area contributed by atoms with Gasteiger partial charge in [0.15, 0.2) is 11.4 Å². The van der Waals surface area contributed by atoms with Gasteiger partial charge in [0.25, 0.3) is 0 Å². The van der Waals surface area contributed by atoms with Gasteiger partial charge in [-0.3, -0.25) is 19.0 Å². The molecule has 0 spiro atoms. The third-order valence-electron chi connectivity index (χ3n) is 6.90. The van der Waals surface area contributed by atoms with Crippen LogP contribution >= 0.6 is 11.6 Å². The lowest BCUT2D eigenvalue weighted by atomic mass is 9.71. The van der Waals surface area contributed by atoms with E-state index in [1.54, 1.807) is 60.1 Å². The fourth-order valence-corrected chi connectivity index (χ4v) is 5.26. The zero-order valence-electron chi connectivity index (χ0n) is 20.1. The van der Waals surface area contributed by atoms with E-state index in [1.165, 1.54) is 6.20 Å². The average Bonchev–Trinajstić information content (AvgIpc) is 3.37. The Morgan fingerprint density at radius 2 is 1.95 bits per heavy atom. The van der Waals surface area contributed by atoms with Gasteiger partial charge in [-0.05, 0) is 49.9 Å². The summed E-state index contributed by atoms with van der Waals surface area (Å²) in [7, 11) is -2.56. The maximum absolute atomic E-state index is 13.6. The number of hydrogen-bond acceptors (Lipinski definition) is 7. The Bertz CT molecular complexity index is 1610. The Balaban J connectivity index is 1.32. The van der Waals surface area contributed by atoms with Gasteiger partial charge in [-0.15, -0.1) is 0 Å². The van der Waals surface area contributed by atoms with Gasteiger partial charge < -0.3 is 5.32 Å². The Kier molecular flexibility index (Phi) is 6.55. The highest BCUT2D eigenvalue weighted by atomic mass is 35.5. The first-order chi connectivity index (χ1) is 17.7. The third-order valence-corrected chi connectivity index (χ3v) is 8.11. The quantitative estimate of drug-likeness (QED) is 0.359. The van der Waals surface area contributed by atoms with E-state index in [0.717, 1.165) is 5.56 Å². The van der Waals surface area contributed by atoms with Crippen molar-refractivity contribution in [2.75, 3.05) is 5.32 Å². The minimum atomic E-state index is -2.56. The molecular formula is C26H24ClN5O4S. The van der Waals surface area contributed by atoms with Gasteiger partial charge in [-0.25, -0.2) is 18.4 Å². The lowest BCUT2D eigenvalue weighted by Gasteiger charge is -2.32. The number of anilines is 1. The molecule has 3 heterocycles. The lowest BCUT2D eigenvalue weighted by Crippen LogP contribution is -2.39. The SMILES string of the molecule is CC(c1ccc(CC(=O)Nc2ccc3c(n2)CCC(C)(c2ncc(Cl)n4ccnc24)C3=O)cc1)[SH](=O)=O. The molecule has 37 heavy (non-hydrogen) atoms. The Morgan fingerprint density at radius 1 is 1.19 bits per heavy atom. The maximum Gasteiger partial charge on any atom is 0.229 e. The zero-order chi connectivity index (χ0) is 26.3. The van der Waals surface area contributed by atoms with Crippen LogP contribution < -0.4 is 5.32 Å². The molecular weight excluding hydrogens is 514 g/mol. The van der Waals surface area contributed by atoms with Crippen molar-refractivity contribution < 1.29 is 18.0 Å². The molecule has 2 atom stereocenters. The predicted molar refractivity (Wildman–Crippen MR) is 140 cm³/mol. The molecule has 190 valence electrons. The number of pyridine rings is 1. The number of Topliss-reactive ketones (excluding diaryl/α,β-unsaturated/α-hetero) is 1. The van der Waals surface area contributed by atoms with Gasteiger partial charge in [0.2, 0.25) is 5.91 Å². The van der Waals surface area contributed by atoms with Crippen molar-refractivity contribution in [3.63, 3.8) is 0 Å². The molecule has 0 fully saturated rings. The summed E-state index contributed by atoms with van der Waals surface area (Å²) in [6.07, 6.45) is 6.00. The molecule has 0 saturated heterocycles. The van der Waals surface area contributed by atoms with E-state index in [-0.39, 0.29) is 18.1 Å². The van der Waals surface area contributed by atoms with E-state index in [1.807, 2.05) is 6.92 Å². The largest absolute Gasteiger partial charge is 0.310 e. The first-order valence-electron chi connectivity index (χ1n) is 11.7. The van der Waals surface area contributed by atoms with Crippen LogP contribution in [0.15, 0.2) is 55.0 Å². The molecule has 0 saturated carbocycles. The van der Waals surface area contributed by atoms with Crippen LogP contribution in [-0.4, -0.2) is 39.5 Å². The van der Waals surface area contributed by atoms with Crippen LogP contribution in [-0.2, 0) is 33.8 Å². The number of carbonyl (C=O) groups excluding carboxylic acids is 2. The molecule has 1 aliphatic rings. The summed E-state index contributed by atoms with van der Waals surface area (Å²) in [5.41, 5.74) is 2.77. The molecule has 4 aromatic rings. The molecule has 5 rings (SSSR count). The minimum absolute atomic E-state index is 0.104. The van der Waals surface area contributed by atoms with Crippen LogP contribution in [0.2, 0.25) is 5.15 Å². The van der Waals surface area contributed by atoms with Gasteiger partial charge in [-0.2, -0.15) is 0 Å². The van der Waals surface area contributed by atoms with Crippen LogP contribution in [0.25, 0.3) is 5.65 Å². The molecule has 2 unspecified atom stereocenters. The summed E-state index contributed by atoms with van der Waals surface area (Å²) in [6.45, 7) is 3.48. The van der Waals surface area contributed by atoms with Gasteiger partial charge in [0.1, 0.15) is 21.7 Å². The van der Waals surface area contributed by atoms with Crippen molar-refractivity contribution >= 4 is 45.5 Å². The second kappa shape index (κ2) is 9.68.